The summed E-state index contributed by atoms with van der Waals surface area (Å²) in [5.41, 5.74) is 1.06. The number of rotatable bonds is 3. The third-order valence-corrected chi connectivity index (χ3v) is 4.44. The summed E-state index contributed by atoms with van der Waals surface area (Å²) < 4.78 is 0. The first-order valence-electron chi connectivity index (χ1n) is 7.18. The summed E-state index contributed by atoms with van der Waals surface area (Å²) >= 11 is 0. The van der Waals surface area contributed by atoms with E-state index in [9.17, 15) is 10.2 Å². The van der Waals surface area contributed by atoms with Gasteiger partial charge in [-0.3, -0.25) is 0 Å². The molecule has 1 saturated carbocycles. The summed E-state index contributed by atoms with van der Waals surface area (Å²) in [7, 11) is 0. The molecule has 1 fully saturated rings. The van der Waals surface area contributed by atoms with Crippen LogP contribution in [0, 0.1) is 5.41 Å². The molecule has 1 aromatic carbocycles. The SMILES string of the molecule is CC(NC1CCCCC1(C)C)c1cc(O)ccc1O. The molecule has 0 amide bonds. The van der Waals surface area contributed by atoms with Crippen LogP contribution in [0.2, 0.25) is 0 Å². The standard InChI is InChI=1S/C16H25NO2/c1-11(13-10-12(18)7-8-14(13)19)17-15-6-4-5-9-16(15,2)3/h7-8,10-11,15,17-19H,4-6,9H2,1-3H3. The number of phenolic OH excluding ortho intramolecular Hbond substituents is 2. The number of hydrogen-bond donors (Lipinski definition) is 3. The van der Waals surface area contributed by atoms with Crippen molar-refractivity contribution in [1.82, 2.24) is 5.32 Å². The van der Waals surface area contributed by atoms with Gasteiger partial charge >= 0.3 is 0 Å². The molecule has 2 atom stereocenters. The Morgan fingerprint density at radius 3 is 2.68 bits per heavy atom. The topological polar surface area (TPSA) is 52.5 Å². The van der Waals surface area contributed by atoms with E-state index in [1.165, 1.54) is 31.7 Å². The molecule has 0 radical (unpaired) electrons. The van der Waals surface area contributed by atoms with Crippen LogP contribution in [-0.4, -0.2) is 16.3 Å². The molecular formula is C16H25NO2. The van der Waals surface area contributed by atoms with Crippen LogP contribution >= 0.6 is 0 Å². The minimum Gasteiger partial charge on any atom is -0.508 e. The molecule has 19 heavy (non-hydrogen) atoms. The van der Waals surface area contributed by atoms with Crippen molar-refractivity contribution in [2.75, 3.05) is 0 Å². The van der Waals surface area contributed by atoms with Gasteiger partial charge in [0.1, 0.15) is 11.5 Å². The molecule has 0 bridgehead atoms. The van der Waals surface area contributed by atoms with E-state index in [1.54, 1.807) is 12.1 Å². The number of nitrogens with one attached hydrogen (secondary N) is 1. The average molecular weight is 263 g/mol. The molecule has 3 heteroatoms. The molecule has 3 nitrogen and oxygen atoms in total. The van der Waals surface area contributed by atoms with Crippen LogP contribution in [-0.2, 0) is 0 Å². The number of hydrogen-bond acceptors (Lipinski definition) is 3. The third kappa shape index (κ3) is 3.21. The second-order valence-corrected chi connectivity index (χ2v) is 6.42. The van der Waals surface area contributed by atoms with E-state index in [0.717, 1.165) is 5.56 Å². The summed E-state index contributed by atoms with van der Waals surface area (Å²) in [6.45, 7) is 6.65. The van der Waals surface area contributed by atoms with Crippen molar-refractivity contribution in [3.05, 3.63) is 23.8 Å². The van der Waals surface area contributed by atoms with Gasteiger partial charge in [-0.2, -0.15) is 0 Å². The zero-order valence-electron chi connectivity index (χ0n) is 12.1. The van der Waals surface area contributed by atoms with Crippen LogP contribution < -0.4 is 5.32 Å². The fourth-order valence-electron chi connectivity index (χ4n) is 3.08. The van der Waals surface area contributed by atoms with E-state index in [-0.39, 0.29) is 17.5 Å². The third-order valence-electron chi connectivity index (χ3n) is 4.44. The Hall–Kier alpha value is -1.22. The molecule has 1 aromatic rings. The van der Waals surface area contributed by atoms with Crippen molar-refractivity contribution in [1.29, 1.82) is 0 Å². The Balaban J connectivity index is 2.12. The molecule has 0 heterocycles. The van der Waals surface area contributed by atoms with E-state index < -0.39 is 0 Å². The summed E-state index contributed by atoms with van der Waals surface area (Å²) in [6.07, 6.45) is 4.98. The van der Waals surface area contributed by atoms with Gasteiger partial charge in [-0.15, -0.1) is 0 Å². The highest BCUT2D eigenvalue weighted by Crippen LogP contribution is 2.37. The summed E-state index contributed by atoms with van der Waals surface area (Å²) in [4.78, 5) is 0. The molecule has 1 aliphatic carbocycles. The van der Waals surface area contributed by atoms with Gasteiger partial charge in [0, 0.05) is 17.6 Å². The van der Waals surface area contributed by atoms with E-state index in [4.69, 9.17) is 0 Å². The minimum atomic E-state index is 0.0366. The molecule has 0 saturated heterocycles. The van der Waals surface area contributed by atoms with Crippen LogP contribution in [0.25, 0.3) is 0 Å². The van der Waals surface area contributed by atoms with Gasteiger partial charge in [-0.05, 0) is 43.4 Å². The Bertz CT molecular complexity index is 442. The Labute approximate surface area is 115 Å². The zero-order chi connectivity index (χ0) is 14.0. The van der Waals surface area contributed by atoms with Crippen molar-refractivity contribution < 1.29 is 10.2 Å². The smallest absolute Gasteiger partial charge is 0.120 e. The first-order valence-corrected chi connectivity index (χ1v) is 7.18. The van der Waals surface area contributed by atoms with Crippen LogP contribution in [0.1, 0.15) is 58.1 Å². The minimum absolute atomic E-state index is 0.0366. The molecule has 106 valence electrons. The first kappa shape index (κ1) is 14.2. The maximum Gasteiger partial charge on any atom is 0.120 e. The maximum absolute atomic E-state index is 9.91. The van der Waals surface area contributed by atoms with Gasteiger partial charge in [0.15, 0.2) is 0 Å². The lowest BCUT2D eigenvalue weighted by Gasteiger charge is -2.41. The maximum atomic E-state index is 9.91. The van der Waals surface area contributed by atoms with Gasteiger partial charge in [-0.25, -0.2) is 0 Å². The van der Waals surface area contributed by atoms with E-state index in [0.29, 0.717) is 11.5 Å². The molecular weight excluding hydrogens is 238 g/mol. The second-order valence-electron chi connectivity index (χ2n) is 6.42. The van der Waals surface area contributed by atoms with Crippen molar-refractivity contribution in [2.45, 2.75) is 58.5 Å². The second kappa shape index (κ2) is 5.41. The number of phenols is 2. The van der Waals surface area contributed by atoms with Crippen molar-refractivity contribution in [3.8, 4) is 11.5 Å². The summed E-state index contributed by atoms with van der Waals surface area (Å²) in [5.74, 6) is 0.441. The molecule has 0 aliphatic heterocycles. The highest BCUT2D eigenvalue weighted by atomic mass is 16.3. The highest BCUT2D eigenvalue weighted by Gasteiger charge is 2.33. The molecule has 3 N–H and O–H groups in total. The van der Waals surface area contributed by atoms with Gasteiger partial charge in [0.05, 0.1) is 0 Å². The van der Waals surface area contributed by atoms with Crippen LogP contribution in [0.4, 0.5) is 0 Å². The largest absolute Gasteiger partial charge is 0.508 e. The van der Waals surface area contributed by atoms with Gasteiger partial charge in [0.2, 0.25) is 0 Å². The molecule has 0 aromatic heterocycles. The molecule has 1 aliphatic rings. The Morgan fingerprint density at radius 1 is 1.26 bits per heavy atom. The fraction of sp³-hybridized carbons (Fsp3) is 0.625. The lowest BCUT2D eigenvalue weighted by molar-refractivity contribution is 0.157. The average Bonchev–Trinajstić information content (AvgIpc) is 2.34. The van der Waals surface area contributed by atoms with E-state index in [1.807, 2.05) is 6.92 Å². The normalized spacial score (nSPS) is 24.1. The van der Waals surface area contributed by atoms with Gasteiger partial charge in [-0.1, -0.05) is 26.7 Å². The highest BCUT2D eigenvalue weighted by molar-refractivity contribution is 5.40. The van der Waals surface area contributed by atoms with E-state index in [2.05, 4.69) is 19.2 Å². The van der Waals surface area contributed by atoms with Crippen LogP contribution in [0.3, 0.4) is 0 Å². The predicted molar refractivity (Wildman–Crippen MR) is 77.4 cm³/mol. The number of aromatic hydroxyl groups is 2. The predicted octanol–water partition coefficient (Wildman–Crippen LogP) is 3.72. The monoisotopic (exact) mass is 263 g/mol. The Kier molecular flexibility index (Phi) is 4.04. The first-order chi connectivity index (χ1) is 8.90. The Morgan fingerprint density at radius 2 is 2.00 bits per heavy atom. The zero-order valence-corrected chi connectivity index (χ0v) is 12.1. The van der Waals surface area contributed by atoms with Crippen LogP contribution in [0.5, 0.6) is 11.5 Å². The lowest BCUT2D eigenvalue weighted by atomic mass is 9.73. The quantitative estimate of drug-likeness (QED) is 0.729. The van der Waals surface area contributed by atoms with Crippen LogP contribution in [0.15, 0.2) is 18.2 Å². The molecule has 0 spiro atoms. The fourth-order valence-corrected chi connectivity index (χ4v) is 3.08. The van der Waals surface area contributed by atoms with Crippen molar-refractivity contribution >= 4 is 0 Å². The summed E-state index contributed by atoms with van der Waals surface area (Å²) in [6, 6.07) is 5.20. The molecule has 2 rings (SSSR count). The lowest BCUT2D eigenvalue weighted by Crippen LogP contribution is -2.45. The number of benzene rings is 1. The van der Waals surface area contributed by atoms with Gasteiger partial charge in [0.25, 0.3) is 0 Å². The van der Waals surface area contributed by atoms with Crippen molar-refractivity contribution in [2.24, 2.45) is 5.41 Å². The van der Waals surface area contributed by atoms with Crippen molar-refractivity contribution in [3.63, 3.8) is 0 Å². The summed E-state index contributed by atoms with van der Waals surface area (Å²) in [5, 5.41) is 23.1. The van der Waals surface area contributed by atoms with E-state index >= 15 is 0 Å². The van der Waals surface area contributed by atoms with Gasteiger partial charge < -0.3 is 15.5 Å². The molecule has 2 unspecified atom stereocenters.